The van der Waals surface area contributed by atoms with Gasteiger partial charge < -0.3 is 5.73 Å². The monoisotopic (exact) mass is 229 g/mol. The first-order chi connectivity index (χ1) is 6.70. The second kappa shape index (κ2) is 5.52. The highest BCUT2D eigenvalue weighted by Gasteiger charge is 1.93. The van der Waals surface area contributed by atoms with Crippen LogP contribution in [0.15, 0.2) is 36.7 Å². The molecule has 1 aromatic heterocycles. The van der Waals surface area contributed by atoms with Crippen molar-refractivity contribution >= 4 is 28.9 Å². The molecule has 0 saturated heterocycles. The van der Waals surface area contributed by atoms with Crippen molar-refractivity contribution in [3.8, 4) is 0 Å². The highest BCUT2D eigenvalue weighted by Crippen LogP contribution is 2.21. The van der Waals surface area contributed by atoms with Gasteiger partial charge in [-0.3, -0.25) is 5.10 Å². The molecule has 14 heavy (non-hydrogen) atoms. The van der Waals surface area contributed by atoms with Crippen molar-refractivity contribution in [3.05, 3.63) is 46.7 Å². The van der Waals surface area contributed by atoms with E-state index < -0.39 is 0 Å². The molecule has 1 aromatic carbocycles. The predicted molar refractivity (Wildman–Crippen MR) is 59.5 cm³/mol. The number of aromatic amines is 1. The van der Waals surface area contributed by atoms with Crippen LogP contribution in [0.1, 0.15) is 0 Å². The van der Waals surface area contributed by atoms with E-state index in [9.17, 15) is 0 Å². The molecule has 2 aromatic rings. The topological polar surface area (TPSA) is 54.7 Å². The van der Waals surface area contributed by atoms with Gasteiger partial charge in [0, 0.05) is 17.4 Å². The number of rotatable bonds is 0. The molecule has 0 aliphatic carbocycles. The summed E-state index contributed by atoms with van der Waals surface area (Å²) in [5, 5.41) is 7.32. The van der Waals surface area contributed by atoms with Crippen LogP contribution in [0.5, 0.6) is 0 Å². The number of hydrogen-bond donors (Lipinski definition) is 2. The van der Waals surface area contributed by atoms with Crippen molar-refractivity contribution in [3.63, 3.8) is 0 Å². The molecule has 0 saturated carbocycles. The van der Waals surface area contributed by atoms with Gasteiger partial charge in [-0.1, -0.05) is 23.2 Å². The molecule has 0 atom stereocenters. The SMILES string of the molecule is Nc1ccc(Cl)cc1Cl.c1cn[nH]c1. The minimum Gasteiger partial charge on any atom is -0.398 e. The number of aromatic nitrogens is 2. The highest BCUT2D eigenvalue weighted by atomic mass is 35.5. The predicted octanol–water partition coefficient (Wildman–Crippen LogP) is 2.99. The molecular formula is C9H9Cl2N3. The number of nitrogens with zero attached hydrogens (tertiary/aromatic N) is 1. The van der Waals surface area contributed by atoms with E-state index in [4.69, 9.17) is 28.9 Å². The summed E-state index contributed by atoms with van der Waals surface area (Å²) in [4.78, 5) is 0. The van der Waals surface area contributed by atoms with Gasteiger partial charge in [-0.25, -0.2) is 0 Å². The molecule has 0 aliphatic rings. The number of nitrogen functional groups attached to an aromatic ring is 1. The van der Waals surface area contributed by atoms with Gasteiger partial charge >= 0.3 is 0 Å². The normalized spacial score (nSPS) is 9.00. The molecule has 0 aliphatic heterocycles. The number of benzene rings is 1. The highest BCUT2D eigenvalue weighted by molar-refractivity contribution is 6.36. The fraction of sp³-hybridized carbons (Fsp3) is 0. The first kappa shape index (κ1) is 10.9. The molecule has 5 heteroatoms. The Morgan fingerprint density at radius 1 is 1.29 bits per heavy atom. The fourth-order valence-electron chi connectivity index (χ4n) is 0.717. The van der Waals surface area contributed by atoms with Crippen LogP contribution in [0.25, 0.3) is 0 Å². The lowest BCUT2D eigenvalue weighted by molar-refractivity contribution is 1.09. The number of anilines is 1. The lowest BCUT2D eigenvalue weighted by atomic mass is 10.3. The first-order valence-electron chi connectivity index (χ1n) is 3.84. The summed E-state index contributed by atoms with van der Waals surface area (Å²) in [6.07, 6.45) is 3.46. The minimum absolute atomic E-state index is 0.502. The summed E-state index contributed by atoms with van der Waals surface area (Å²) >= 11 is 11.2. The van der Waals surface area contributed by atoms with E-state index in [2.05, 4.69) is 10.2 Å². The summed E-state index contributed by atoms with van der Waals surface area (Å²) in [5.74, 6) is 0. The molecule has 0 spiro atoms. The van der Waals surface area contributed by atoms with Crippen LogP contribution in [0.3, 0.4) is 0 Å². The smallest absolute Gasteiger partial charge is 0.0650 e. The van der Waals surface area contributed by atoms with E-state index in [-0.39, 0.29) is 0 Å². The van der Waals surface area contributed by atoms with Gasteiger partial charge in [-0.2, -0.15) is 5.10 Å². The van der Waals surface area contributed by atoms with Gasteiger partial charge in [-0.15, -0.1) is 0 Å². The third-order valence-electron chi connectivity index (χ3n) is 1.37. The number of H-pyrrole nitrogens is 1. The lowest BCUT2D eigenvalue weighted by Gasteiger charge is -1.94. The number of nitrogens with two attached hydrogens (primary N) is 1. The van der Waals surface area contributed by atoms with Crippen molar-refractivity contribution < 1.29 is 0 Å². The maximum absolute atomic E-state index is 5.60. The maximum Gasteiger partial charge on any atom is 0.0650 e. The van der Waals surface area contributed by atoms with Crippen LogP contribution in [0.2, 0.25) is 10.0 Å². The first-order valence-corrected chi connectivity index (χ1v) is 4.60. The molecule has 0 radical (unpaired) electrons. The molecular weight excluding hydrogens is 221 g/mol. The molecule has 2 rings (SSSR count). The number of hydrogen-bond acceptors (Lipinski definition) is 2. The molecule has 74 valence electrons. The van der Waals surface area contributed by atoms with Crippen molar-refractivity contribution in [2.75, 3.05) is 5.73 Å². The molecule has 1 heterocycles. The van der Waals surface area contributed by atoms with Gasteiger partial charge in [0.15, 0.2) is 0 Å². The largest absolute Gasteiger partial charge is 0.398 e. The Balaban J connectivity index is 0.000000165. The molecule has 0 fully saturated rings. The van der Waals surface area contributed by atoms with E-state index in [1.807, 2.05) is 6.07 Å². The fourth-order valence-corrected chi connectivity index (χ4v) is 1.13. The summed E-state index contributed by atoms with van der Waals surface area (Å²) < 4.78 is 0. The maximum atomic E-state index is 5.60. The Bertz CT molecular complexity index is 356. The molecule has 3 nitrogen and oxygen atoms in total. The van der Waals surface area contributed by atoms with Crippen LogP contribution < -0.4 is 5.73 Å². The Morgan fingerprint density at radius 3 is 2.43 bits per heavy atom. The quantitative estimate of drug-likeness (QED) is 0.683. The third kappa shape index (κ3) is 3.68. The van der Waals surface area contributed by atoms with E-state index >= 15 is 0 Å². The average molecular weight is 230 g/mol. The van der Waals surface area contributed by atoms with E-state index in [1.165, 1.54) is 0 Å². The minimum atomic E-state index is 0.502. The van der Waals surface area contributed by atoms with Gasteiger partial charge in [0.2, 0.25) is 0 Å². The summed E-state index contributed by atoms with van der Waals surface area (Å²) in [6.45, 7) is 0. The van der Waals surface area contributed by atoms with E-state index in [1.54, 1.807) is 30.6 Å². The zero-order valence-corrected chi connectivity index (χ0v) is 8.76. The Kier molecular flexibility index (Phi) is 4.29. The second-order valence-electron chi connectivity index (χ2n) is 2.43. The number of halogens is 2. The average Bonchev–Trinajstić information content (AvgIpc) is 2.69. The summed E-state index contributed by atoms with van der Waals surface area (Å²) in [6, 6.07) is 6.81. The van der Waals surface area contributed by atoms with Crippen LogP contribution >= 0.6 is 23.2 Å². The summed E-state index contributed by atoms with van der Waals surface area (Å²) in [7, 11) is 0. The van der Waals surface area contributed by atoms with Gasteiger partial charge in [0.1, 0.15) is 0 Å². The zero-order chi connectivity index (χ0) is 10.4. The Morgan fingerprint density at radius 2 is 2.07 bits per heavy atom. The van der Waals surface area contributed by atoms with Crippen molar-refractivity contribution in [1.82, 2.24) is 10.2 Å². The van der Waals surface area contributed by atoms with Crippen LogP contribution in [0, 0.1) is 0 Å². The molecule has 0 bridgehead atoms. The van der Waals surface area contributed by atoms with E-state index in [0.717, 1.165) is 0 Å². The van der Waals surface area contributed by atoms with Crippen molar-refractivity contribution in [2.45, 2.75) is 0 Å². The van der Waals surface area contributed by atoms with Crippen LogP contribution in [-0.2, 0) is 0 Å². The van der Waals surface area contributed by atoms with Crippen LogP contribution in [-0.4, -0.2) is 10.2 Å². The van der Waals surface area contributed by atoms with Gasteiger partial charge in [0.05, 0.1) is 10.7 Å². The Labute approximate surface area is 91.8 Å². The standard InChI is InChI=1S/C6H5Cl2N.C3H4N2/c7-4-1-2-6(9)5(8)3-4;1-2-4-5-3-1/h1-3H,9H2;1-3H,(H,4,5). The second-order valence-corrected chi connectivity index (χ2v) is 3.28. The van der Waals surface area contributed by atoms with Gasteiger partial charge in [0.25, 0.3) is 0 Å². The van der Waals surface area contributed by atoms with Gasteiger partial charge in [-0.05, 0) is 24.3 Å². The van der Waals surface area contributed by atoms with E-state index in [0.29, 0.717) is 15.7 Å². The van der Waals surface area contributed by atoms with Crippen LogP contribution in [0.4, 0.5) is 5.69 Å². The molecule has 3 N–H and O–H groups in total. The van der Waals surface area contributed by atoms with Crippen molar-refractivity contribution in [1.29, 1.82) is 0 Å². The lowest BCUT2D eigenvalue weighted by Crippen LogP contribution is -1.83. The molecule has 0 amide bonds. The number of nitrogens with one attached hydrogen (secondary N) is 1. The zero-order valence-electron chi connectivity index (χ0n) is 7.24. The summed E-state index contributed by atoms with van der Waals surface area (Å²) in [5.41, 5.74) is 5.95. The third-order valence-corrected chi connectivity index (χ3v) is 1.93. The van der Waals surface area contributed by atoms with Crippen molar-refractivity contribution in [2.24, 2.45) is 0 Å². The Hall–Kier alpha value is -1.19. The molecule has 0 unspecified atom stereocenters.